The number of hydrogen-bond donors (Lipinski definition) is 3. The lowest BCUT2D eigenvalue weighted by Gasteiger charge is -2.23. The smallest absolute Gasteiger partial charge is 0.387 e. The normalized spacial score (nSPS) is 23.3. The van der Waals surface area contributed by atoms with Crippen LogP contribution in [0, 0.1) is 0 Å². The first kappa shape index (κ1) is 38.8. The molecule has 2 aliphatic heterocycles. The second-order valence-corrected chi connectivity index (χ2v) is 14.2. The Morgan fingerprint density at radius 2 is 1.46 bits per heavy atom. The van der Waals surface area contributed by atoms with E-state index in [4.69, 9.17) is 13.8 Å². The van der Waals surface area contributed by atoms with Crippen molar-refractivity contribution < 1.29 is 33.5 Å². The molecule has 0 amide bonds. The molecule has 0 aromatic carbocycles. The number of aliphatic hydroxyl groups excluding tert-OH is 2. The van der Waals surface area contributed by atoms with E-state index < -0.39 is 44.7 Å². The quantitative estimate of drug-likeness (QED) is 0.0487. The number of rotatable bonds is 24. The van der Waals surface area contributed by atoms with Gasteiger partial charge >= 0.3 is 13.5 Å². The van der Waals surface area contributed by atoms with Crippen LogP contribution < -0.4 is 5.69 Å². The van der Waals surface area contributed by atoms with Crippen LogP contribution in [0.2, 0.25) is 0 Å². The summed E-state index contributed by atoms with van der Waals surface area (Å²) in [5, 5.41) is 21.0. The minimum Gasteiger partial charge on any atom is -0.387 e. The fraction of sp³-hybridized carbons (Fsp3) is 0.848. The van der Waals surface area contributed by atoms with Crippen LogP contribution in [0.1, 0.15) is 135 Å². The molecule has 1 aromatic rings. The second-order valence-electron chi connectivity index (χ2n) is 12.8. The zero-order chi connectivity index (χ0) is 33.0. The van der Waals surface area contributed by atoms with Gasteiger partial charge in [0.15, 0.2) is 12.0 Å². The summed E-state index contributed by atoms with van der Waals surface area (Å²) in [6, 6.07) is 1.52. The number of aromatic nitrogens is 2. The zero-order valence-electron chi connectivity index (χ0n) is 27.9. The molecule has 2 saturated heterocycles. The van der Waals surface area contributed by atoms with E-state index in [2.05, 4.69) is 21.8 Å². The average Bonchev–Trinajstić information content (AvgIpc) is 3.33. The second kappa shape index (κ2) is 22.1. The molecule has 3 heterocycles. The highest BCUT2D eigenvalue weighted by molar-refractivity contribution is 7.47. The summed E-state index contributed by atoms with van der Waals surface area (Å²) < 4.78 is 29.2. The van der Waals surface area contributed by atoms with E-state index in [1.54, 1.807) is 6.34 Å². The largest absolute Gasteiger partial charge is 0.472 e. The number of phosphoric acid groups is 1. The van der Waals surface area contributed by atoms with Gasteiger partial charge in [0.1, 0.15) is 18.3 Å². The van der Waals surface area contributed by atoms with Crippen LogP contribution in [0.4, 0.5) is 5.82 Å². The van der Waals surface area contributed by atoms with Gasteiger partial charge < -0.3 is 24.7 Å². The summed E-state index contributed by atoms with van der Waals surface area (Å²) in [6.07, 6.45) is 20.9. The third-order valence-corrected chi connectivity index (χ3v) is 9.81. The van der Waals surface area contributed by atoms with E-state index in [0.29, 0.717) is 6.42 Å². The van der Waals surface area contributed by atoms with E-state index in [-0.39, 0.29) is 12.4 Å². The molecule has 46 heavy (non-hydrogen) atoms. The van der Waals surface area contributed by atoms with Gasteiger partial charge in [-0.25, -0.2) is 14.4 Å². The van der Waals surface area contributed by atoms with Gasteiger partial charge in [-0.3, -0.25) is 13.6 Å². The van der Waals surface area contributed by atoms with Crippen LogP contribution in [0.15, 0.2) is 22.1 Å². The summed E-state index contributed by atoms with van der Waals surface area (Å²) in [7, 11) is -4.38. The molecule has 3 N–H and O–H groups in total. The molecule has 5 atom stereocenters. The molecule has 0 aliphatic carbocycles. The third kappa shape index (κ3) is 14.6. The Hall–Kier alpha value is -1.66. The molecule has 12 nitrogen and oxygen atoms in total. The van der Waals surface area contributed by atoms with Crippen LogP contribution in [-0.4, -0.2) is 80.5 Å². The number of nitrogens with zero attached hydrogens (tertiary/aromatic N) is 4. The number of hydrogen-bond acceptors (Lipinski definition) is 9. The molecule has 2 fully saturated rings. The first-order valence-corrected chi connectivity index (χ1v) is 19.3. The summed E-state index contributed by atoms with van der Waals surface area (Å²) in [4.78, 5) is 33.0. The number of aliphatic hydroxyl groups is 2. The van der Waals surface area contributed by atoms with Crippen molar-refractivity contribution in [2.45, 2.75) is 153 Å². The van der Waals surface area contributed by atoms with Crippen LogP contribution in [0.5, 0.6) is 0 Å². The Labute approximate surface area is 275 Å². The summed E-state index contributed by atoms with van der Waals surface area (Å²) >= 11 is 0. The minimum atomic E-state index is -4.38. The summed E-state index contributed by atoms with van der Waals surface area (Å²) in [5.41, 5.74) is -0.707. The summed E-state index contributed by atoms with van der Waals surface area (Å²) in [5.74, 6) is 0.224. The van der Waals surface area contributed by atoms with Crippen LogP contribution in [0.25, 0.3) is 0 Å². The average molecular weight is 671 g/mol. The maximum Gasteiger partial charge on any atom is 0.472 e. The fourth-order valence-corrected chi connectivity index (χ4v) is 6.75. The van der Waals surface area contributed by atoms with Gasteiger partial charge in [0, 0.05) is 19.3 Å². The molecule has 264 valence electrons. The third-order valence-electron chi connectivity index (χ3n) is 8.82. The van der Waals surface area contributed by atoms with Gasteiger partial charge in [-0.2, -0.15) is 4.98 Å². The van der Waals surface area contributed by atoms with E-state index in [9.17, 15) is 24.5 Å². The number of aliphatic imine (C=N–C) groups is 1. The lowest BCUT2D eigenvalue weighted by molar-refractivity contribution is -0.0551. The van der Waals surface area contributed by atoms with Gasteiger partial charge in [-0.1, -0.05) is 103 Å². The standard InChI is InChI=1S/C33H59N4O8P/c1-2-3-4-5-6-7-8-9-10-11-12-13-14-15-16-20-25-43-46(41,42)44-26-28-30(38)31(39)32(45-28)37-24-21-29(35-33(37)40)34-27-36-22-18-17-19-23-36/h21,24,27-28,30-32,38-39H,2-20,22-23,25-26H2,1H3,(H,41,42)/b34-27+/t28-,30+,31?,32-/m1/s1. The summed E-state index contributed by atoms with van der Waals surface area (Å²) in [6.45, 7) is 3.66. The van der Waals surface area contributed by atoms with Crippen molar-refractivity contribution in [2.24, 2.45) is 4.99 Å². The van der Waals surface area contributed by atoms with Crippen molar-refractivity contribution in [3.05, 3.63) is 22.7 Å². The number of phosphoric ester groups is 1. The van der Waals surface area contributed by atoms with Crippen LogP contribution >= 0.6 is 7.82 Å². The number of piperidine rings is 1. The number of ether oxygens (including phenoxy) is 1. The monoisotopic (exact) mass is 670 g/mol. The molecule has 13 heteroatoms. The number of unbranched alkanes of at least 4 members (excludes halogenated alkanes) is 15. The van der Waals surface area contributed by atoms with E-state index in [1.807, 2.05) is 0 Å². The predicted octanol–water partition coefficient (Wildman–Crippen LogP) is 6.40. The lowest BCUT2D eigenvalue weighted by Crippen LogP contribution is -2.36. The molecule has 1 aromatic heterocycles. The van der Waals surface area contributed by atoms with Crippen LogP contribution in [0.3, 0.4) is 0 Å². The molecule has 0 radical (unpaired) electrons. The molecule has 0 bridgehead atoms. The van der Waals surface area contributed by atoms with Crippen LogP contribution in [-0.2, 0) is 18.3 Å². The molecule has 3 rings (SSSR count). The lowest BCUT2D eigenvalue weighted by atomic mass is 10.0. The molecular weight excluding hydrogens is 611 g/mol. The molecule has 0 saturated carbocycles. The Bertz CT molecular complexity index is 1100. The van der Waals surface area contributed by atoms with Gasteiger partial charge in [0.25, 0.3) is 0 Å². The Morgan fingerprint density at radius 1 is 0.891 bits per heavy atom. The highest BCUT2D eigenvalue weighted by Gasteiger charge is 2.45. The van der Waals surface area contributed by atoms with E-state index >= 15 is 0 Å². The molecule has 0 spiro atoms. The van der Waals surface area contributed by atoms with Crippen molar-refractivity contribution >= 4 is 20.0 Å². The maximum atomic E-state index is 12.6. The van der Waals surface area contributed by atoms with Crippen molar-refractivity contribution in [1.82, 2.24) is 14.5 Å². The van der Waals surface area contributed by atoms with Gasteiger partial charge in [0.05, 0.1) is 19.6 Å². The van der Waals surface area contributed by atoms with Crippen molar-refractivity contribution in [2.75, 3.05) is 26.3 Å². The fourth-order valence-electron chi connectivity index (χ4n) is 5.98. The molecular formula is C33H59N4O8P. The molecule has 2 unspecified atom stereocenters. The Balaban J connectivity index is 1.24. The van der Waals surface area contributed by atoms with Gasteiger partial charge in [-0.15, -0.1) is 0 Å². The highest BCUT2D eigenvalue weighted by atomic mass is 31.2. The Kier molecular flexibility index (Phi) is 18.6. The predicted molar refractivity (Wildman–Crippen MR) is 179 cm³/mol. The zero-order valence-corrected chi connectivity index (χ0v) is 28.8. The van der Waals surface area contributed by atoms with E-state index in [0.717, 1.165) is 49.8 Å². The maximum absolute atomic E-state index is 12.6. The van der Waals surface area contributed by atoms with E-state index in [1.165, 1.54) is 95.7 Å². The van der Waals surface area contributed by atoms with Crippen molar-refractivity contribution in [1.29, 1.82) is 0 Å². The van der Waals surface area contributed by atoms with Gasteiger partial charge in [0.2, 0.25) is 0 Å². The Morgan fingerprint density at radius 3 is 2.02 bits per heavy atom. The first-order valence-electron chi connectivity index (χ1n) is 17.8. The number of likely N-dealkylation sites (tertiary alicyclic amines) is 1. The van der Waals surface area contributed by atoms with Crippen molar-refractivity contribution in [3.8, 4) is 0 Å². The topological polar surface area (TPSA) is 156 Å². The SMILES string of the molecule is CCCCCCCCCCCCCCCCCCOP(=O)(O)OC[C@H]1O[C@@H](n2ccc(/N=C/N3CCCCC3)nc2=O)C(O)[C@H]1O. The molecule has 2 aliphatic rings. The first-order chi connectivity index (χ1) is 22.3. The van der Waals surface area contributed by atoms with Crippen molar-refractivity contribution in [3.63, 3.8) is 0 Å². The van der Waals surface area contributed by atoms with Gasteiger partial charge in [-0.05, 0) is 31.7 Å². The minimum absolute atomic E-state index is 0.0825. The highest BCUT2D eigenvalue weighted by Crippen LogP contribution is 2.44.